The van der Waals surface area contributed by atoms with Crippen molar-refractivity contribution in [2.24, 2.45) is 0 Å². The molecule has 0 atom stereocenters. The monoisotopic (exact) mass is 327 g/mol. The van der Waals surface area contributed by atoms with Crippen LogP contribution in [-0.2, 0) is 6.42 Å². The van der Waals surface area contributed by atoms with Gasteiger partial charge in [-0.15, -0.1) is 0 Å². The molecule has 0 saturated heterocycles. The minimum atomic E-state index is -0.397. The Kier molecular flexibility index (Phi) is 4.68. The van der Waals surface area contributed by atoms with Crippen molar-refractivity contribution in [2.75, 3.05) is 6.54 Å². The summed E-state index contributed by atoms with van der Waals surface area (Å²) in [4.78, 5) is 16.1. The number of nitrogens with one attached hydrogen (secondary N) is 1. The Hall–Kier alpha value is -2.66. The molecule has 0 spiro atoms. The van der Waals surface area contributed by atoms with Crippen LogP contribution in [0.4, 0.5) is 0 Å². The average Bonchev–Trinajstić information content (AvgIpc) is 3.07. The van der Waals surface area contributed by atoms with Gasteiger partial charge in [0.2, 0.25) is 5.82 Å². The summed E-state index contributed by atoms with van der Waals surface area (Å²) in [6.07, 6.45) is 0.630. The van der Waals surface area contributed by atoms with Gasteiger partial charge in [0.25, 0.3) is 0 Å². The fraction of sp³-hybridized carbons (Fsp3) is 0.118. The lowest BCUT2D eigenvalue weighted by Crippen LogP contribution is -2.26. The summed E-state index contributed by atoms with van der Waals surface area (Å²) >= 11 is 6.07. The van der Waals surface area contributed by atoms with Crippen LogP contribution in [0.2, 0.25) is 5.02 Å². The van der Waals surface area contributed by atoms with Gasteiger partial charge in [-0.25, -0.2) is 0 Å². The molecule has 1 N–H and O–H groups in total. The number of nitrogens with zero attached hydrogens (tertiary/aromatic N) is 2. The fourth-order valence-corrected chi connectivity index (χ4v) is 2.34. The smallest absolute Gasteiger partial charge is 0.316 e. The lowest BCUT2D eigenvalue weighted by atomic mass is 10.1. The van der Waals surface area contributed by atoms with E-state index >= 15 is 0 Å². The van der Waals surface area contributed by atoms with Crippen molar-refractivity contribution in [3.8, 4) is 11.4 Å². The number of amides is 1. The zero-order valence-electron chi connectivity index (χ0n) is 12.2. The van der Waals surface area contributed by atoms with Crippen LogP contribution in [0.15, 0.2) is 59.1 Å². The molecule has 0 bridgehead atoms. The Labute approximate surface area is 138 Å². The van der Waals surface area contributed by atoms with Crippen LogP contribution in [-0.4, -0.2) is 22.6 Å². The first kappa shape index (κ1) is 15.2. The quantitative estimate of drug-likeness (QED) is 0.780. The van der Waals surface area contributed by atoms with Crippen LogP contribution in [0.3, 0.4) is 0 Å². The molecule has 0 saturated carbocycles. The maximum absolute atomic E-state index is 12.0. The third-order valence-corrected chi connectivity index (χ3v) is 3.66. The van der Waals surface area contributed by atoms with Gasteiger partial charge in [-0.3, -0.25) is 4.79 Å². The van der Waals surface area contributed by atoms with Gasteiger partial charge in [0.1, 0.15) is 0 Å². The Morgan fingerprint density at radius 2 is 1.83 bits per heavy atom. The first-order chi connectivity index (χ1) is 11.2. The second-order valence-electron chi connectivity index (χ2n) is 4.89. The van der Waals surface area contributed by atoms with Gasteiger partial charge >= 0.3 is 11.8 Å². The van der Waals surface area contributed by atoms with Gasteiger partial charge in [-0.05, 0) is 18.1 Å². The maximum atomic E-state index is 12.0. The number of aromatic nitrogens is 2. The molecule has 0 aliphatic heterocycles. The number of carbonyl (C=O) groups excluding carboxylic acids is 1. The third kappa shape index (κ3) is 3.76. The van der Waals surface area contributed by atoms with Gasteiger partial charge in [-0.1, -0.05) is 65.3 Å². The number of halogens is 1. The molecule has 5 nitrogen and oxygen atoms in total. The van der Waals surface area contributed by atoms with E-state index in [1.54, 1.807) is 0 Å². The number of hydrogen-bond acceptors (Lipinski definition) is 4. The highest BCUT2D eigenvalue weighted by atomic mass is 35.5. The predicted octanol–water partition coefficient (Wildman–Crippen LogP) is 3.36. The van der Waals surface area contributed by atoms with Crippen molar-refractivity contribution in [1.82, 2.24) is 15.5 Å². The molecule has 0 aliphatic rings. The van der Waals surface area contributed by atoms with E-state index in [1.165, 1.54) is 0 Å². The molecule has 0 radical (unpaired) electrons. The fourth-order valence-electron chi connectivity index (χ4n) is 2.11. The molecule has 0 fully saturated rings. The number of rotatable bonds is 5. The van der Waals surface area contributed by atoms with Crippen LogP contribution in [0.1, 0.15) is 16.2 Å². The summed E-state index contributed by atoms with van der Waals surface area (Å²) in [7, 11) is 0. The van der Waals surface area contributed by atoms with Crippen molar-refractivity contribution in [2.45, 2.75) is 6.42 Å². The predicted molar refractivity (Wildman–Crippen MR) is 87.2 cm³/mol. The Balaban J connectivity index is 1.59. The summed E-state index contributed by atoms with van der Waals surface area (Å²) < 4.78 is 5.01. The van der Waals surface area contributed by atoms with Crippen molar-refractivity contribution in [3.05, 3.63) is 71.1 Å². The maximum Gasteiger partial charge on any atom is 0.316 e. The van der Waals surface area contributed by atoms with Gasteiger partial charge in [-0.2, -0.15) is 4.98 Å². The highest BCUT2D eigenvalue weighted by Gasteiger charge is 2.15. The Bertz CT molecular complexity index is 802. The Morgan fingerprint density at radius 1 is 1.09 bits per heavy atom. The molecule has 1 aromatic heterocycles. The largest absolute Gasteiger partial charge is 0.347 e. The summed E-state index contributed by atoms with van der Waals surface area (Å²) in [5.41, 5.74) is 1.77. The van der Waals surface area contributed by atoms with Gasteiger partial charge in [0.15, 0.2) is 0 Å². The highest BCUT2D eigenvalue weighted by molar-refractivity contribution is 6.31. The number of carbonyl (C=O) groups is 1. The highest BCUT2D eigenvalue weighted by Crippen LogP contribution is 2.16. The number of benzene rings is 2. The van der Waals surface area contributed by atoms with E-state index in [4.69, 9.17) is 16.1 Å². The molecule has 3 aromatic rings. The van der Waals surface area contributed by atoms with E-state index in [1.807, 2.05) is 54.6 Å². The van der Waals surface area contributed by atoms with Crippen LogP contribution < -0.4 is 5.32 Å². The minimum Gasteiger partial charge on any atom is -0.347 e. The lowest BCUT2D eigenvalue weighted by Gasteiger charge is -2.04. The molecule has 6 heteroatoms. The first-order valence-electron chi connectivity index (χ1n) is 7.15. The zero-order chi connectivity index (χ0) is 16.1. The van der Waals surface area contributed by atoms with Gasteiger partial charge in [0.05, 0.1) is 0 Å². The molecular formula is C17H14ClN3O2. The molecule has 23 heavy (non-hydrogen) atoms. The van der Waals surface area contributed by atoms with Crippen LogP contribution in [0, 0.1) is 0 Å². The van der Waals surface area contributed by atoms with Crippen LogP contribution in [0.5, 0.6) is 0 Å². The Morgan fingerprint density at radius 3 is 2.61 bits per heavy atom. The molecule has 116 valence electrons. The molecule has 0 aliphatic carbocycles. The van der Waals surface area contributed by atoms with Crippen LogP contribution >= 0.6 is 11.6 Å². The summed E-state index contributed by atoms with van der Waals surface area (Å²) in [5.74, 6) is -0.0587. The molecule has 3 rings (SSSR count). The first-order valence-corrected chi connectivity index (χ1v) is 7.52. The minimum absolute atomic E-state index is 0.0528. The van der Waals surface area contributed by atoms with Crippen molar-refractivity contribution >= 4 is 17.5 Å². The van der Waals surface area contributed by atoms with Gasteiger partial charge in [0, 0.05) is 17.1 Å². The van der Waals surface area contributed by atoms with Crippen LogP contribution in [0.25, 0.3) is 11.4 Å². The van der Waals surface area contributed by atoms with Crippen molar-refractivity contribution < 1.29 is 9.32 Å². The summed E-state index contributed by atoms with van der Waals surface area (Å²) in [5, 5.41) is 7.25. The SMILES string of the molecule is O=C(NCCc1ccccc1Cl)c1nc(-c2ccccc2)no1. The summed E-state index contributed by atoms with van der Waals surface area (Å²) in [6, 6.07) is 16.9. The molecule has 1 amide bonds. The van der Waals surface area contributed by atoms with E-state index in [0.717, 1.165) is 11.1 Å². The van der Waals surface area contributed by atoms with E-state index in [9.17, 15) is 4.79 Å². The molecule has 1 heterocycles. The number of hydrogen-bond donors (Lipinski definition) is 1. The lowest BCUT2D eigenvalue weighted by molar-refractivity contribution is 0.0910. The second kappa shape index (κ2) is 7.07. The van der Waals surface area contributed by atoms with E-state index in [0.29, 0.717) is 23.8 Å². The van der Waals surface area contributed by atoms with Crippen molar-refractivity contribution in [3.63, 3.8) is 0 Å². The summed E-state index contributed by atoms with van der Waals surface area (Å²) in [6.45, 7) is 0.436. The molecular weight excluding hydrogens is 314 g/mol. The van der Waals surface area contributed by atoms with E-state index in [-0.39, 0.29) is 5.89 Å². The standard InChI is InChI=1S/C17H14ClN3O2/c18-14-9-5-4-6-12(14)10-11-19-16(22)17-20-15(21-23-17)13-7-2-1-3-8-13/h1-9H,10-11H2,(H,19,22). The molecule has 0 unspecified atom stereocenters. The molecule has 2 aromatic carbocycles. The van der Waals surface area contributed by atoms with Gasteiger partial charge < -0.3 is 9.84 Å². The second-order valence-corrected chi connectivity index (χ2v) is 5.29. The normalized spacial score (nSPS) is 10.5. The topological polar surface area (TPSA) is 68.0 Å². The third-order valence-electron chi connectivity index (χ3n) is 3.29. The average molecular weight is 328 g/mol. The zero-order valence-corrected chi connectivity index (χ0v) is 13.0. The van der Waals surface area contributed by atoms with E-state index in [2.05, 4.69) is 15.5 Å². The van der Waals surface area contributed by atoms with E-state index < -0.39 is 5.91 Å². The van der Waals surface area contributed by atoms with Crippen molar-refractivity contribution in [1.29, 1.82) is 0 Å².